The maximum atomic E-state index is 5.50. The fraction of sp³-hybridized carbons (Fsp3) is 0.333. The Morgan fingerprint density at radius 1 is 1.26 bits per heavy atom. The van der Waals surface area contributed by atoms with Gasteiger partial charge in [0, 0.05) is 24.4 Å². The first kappa shape index (κ1) is 12.2. The van der Waals surface area contributed by atoms with E-state index in [-0.39, 0.29) is 0 Å². The van der Waals surface area contributed by atoms with E-state index in [0.29, 0.717) is 0 Å². The van der Waals surface area contributed by atoms with Crippen LogP contribution in [-0.2, 0) is 6.42 Å². The molecule has 0 saturated heterocycles. The molecule has 0 saturated carbocycles. The second kappa shape index (κ2) is 5.41. The van der Waals surface area contributed by atoms with Gasteiger partial charge in [0.25, 0.3) is 0 Å². The van der Waals surface area contributed by atoms with Crippen molar-refractivity contribution in [3.8, 4) is 11.4 Å². The summed E-state index contributed by atoms with van der Waals surface area (Å²) in [5, 5.41) is 14.0. The zero-order chi connectivity index (χ0) is 13.1. The van der Waals surface area contributed by atoms with Gasteiger partial charge < -0.3 is 5.73 Å². The molecule has 6 nitrogen and oxygen atoms in total. The Balaban J connectivity index is 1.90. The first-order valence-electron chi connectivity index (χ1n) is 6.20. The lowest BCUT2D eigenvalue weighted by Crippen LogP contribution is -1.99. The summed E-state index contributed by atoms with van der Waals surface area (Å²) in [4.78, 5) is 4.92. The van der Waals surface area contributed by atoms with Crippen LogP contribution in [0.3, 0.4) is 0 Å². The van der Waals surface area contributed by atoms with Crippen LogP contribution < -0.4 is 5.73 Å². The minimum Gasteiger partial charge on any atom is -0.330 e. The fourth-order valence-electron chi connectivity index (χ4n) is 1.85. The molecular formula is C12H14N6S. The summed E-state index contributed by atoms with van der Waals surface area (Å²) in [6.07, 6.45) is 6.53. The molecule has 0 radical (unpaired) electrons. The molecular weight excluding hydrogens is 260 g/mol. The van der Waals surface area contributed by atoms with Crippen LogP contribution in [-0.4, -0.2) is 31.3 Å². The first-order valence-corrected chi connectivity index (χ1v) is 7.01. The van der Waals surface area contributed by atoms with Crippen molar-refractivity contribution in [2.45, 2.75) is 19.3 Å². The molecule has 3 aromatic heterocycles. The molecule has 2 N–H and O–H groups in total. The van der Waals surface area contributed by atoms with E-state index >= 15 is 0 Å². The zero-order valence-corrected chi connectivity index (χ0v) is 11.2. The lowest BCUT2D eigenvalue weighted by Gasteiger charge is -1.95. The Kier molecular flexibility index (Phi) is 3.47. The molecule has 0 spiro atoms. The molecule has 3 rings (SSSR count). The largest absolute Gasteiger partial charge is 0.330 e. The van der Waals surface area contributed by atoms with Crippen LogP contribution in [0.4, 0.5) is 0 Å². The maximum absolute atomic E-state index is 5.50. The number of aromatic nitrogens is 5. The highest BCUT2D eigenvalue weighted by Gasteiger charge is 2.12. The average molecular weight is 274 g/mol. The van der Waals surface area contributed by atoms with Gasteiger partial charge in [-0.1, -0.05) is 11.3 Å². The third-order valence-corrected chi connectivity index (χ3v) is 3.76. The van der Waals surface area contributed by atoms with Crippen LogP contribution >= 0.6 is 11.3 Å². The normalized spacial score (nSPS) is 11.2. The molecule has 7 heteroatoms. The average Bonchev–Trinajstić information content (AvgIpc) is 3.00. The number of hydrogen-bond acceptors (Lipinski definition) is 6. The first-order chi connectivity index (χ1) is 9.38. The van der Waals surface area contributed by atoms with Crippen molar-refractivity contribution >= 4 is 16.3 Å². The van der Waals surface area contributed by atoms with Crippen LogP contribution in [0.2, 0.25) is 0 Å². The Morgan fingerprint density at radius 3 is 3.00 bits per heavy atom. The summed E-state index contributed by atoms with van der Waals surface area (Å²) in [7, 11) is 0. The van der Waals surface area contributed by atoms with Gasteiger partial charge in [0.15, 0.2) is 5.82 Å². The van der Waals surface area contributed by atoms with E-state index in [2.05, 4.69) is 20.3 Å². The summed E-state index contributed by atoms with van der Waals surface area (Å²) >= 11 is 1.58. The van der Waals surface area contributed by atoms with Gasteiger partial charge in [-0.3, -0.25) is 4.98 Å². The molecule has 0 atom stereocenters. The third-order valence-electron chi connectivity index (χ3n) is 2.80. The summed E-state index contributed by atoms with van der Waals surface area (Å²) in [6.45, 7) is 0.727. The molecule has 0 aromatic carbocycles. The van der Waals surface area contributed by atoms with E-state index in [1.165, 1.54) is 0 Å². The van der Waals surface area contributed by atoms with Gasteiger partial charge in [-0.15, -0.1) is 10.2 Å². The van der Waals surface area contributed by atoms with E-state index < -0.39 is 0 Å². The summed E-state index contributed by atoms with van der Waals surface area (Å²) in [5.74, 6) is 0.740. The van der Waals surface area contributed by atoms with Crippen LogP contribution in [0.1, 0.15) is 17.8 Å². The highest BCUT2D eigenvalue weighted by atomic mass is 32.1. The maximum Gasteiger partial charge on any atom is 0.234 e. The van der Waals surface area contributed by atoms with Gasteiger partial charge in [0.1, 0.15) is 5.01 Å². The monoisotopic (exact) mass is 274 g/mol. The van der Waals surface area contributed by atoms with Crippen molar-refractivity contribution in [3.63, 3.8) is 0 Å². The number of fused-ring (bicyclic) bond motifs is 1. The summed E-state index contributed by atoms with van der Waals surface area (Å²) in [6, 6.07) is 3.84. The lowest BCUT2D eigenvalue weighted by atomic mass is 10.2. The highest BCUT2D eigenvalue weighted by Crippen LogP contribution is 2.21. The second-order valence-corrected chi connectivity index (χ2v) is 5.24. The number of unbranched alkanes of at least 4 members (excludes halogenated alkanes) is 1. The Labute approximate surface area is 114 Å². The van der Waals surface area contributed by atoms with Crippen LogP contribution in [0, 0.1) is 0 Å². The highest BCUT2D eigenvalue weighted by molar-refractivity contribution is 7.16. The molecule has 0 bridgehead atoms. The predicted octanol–water partition coefficient (Wildman–Crippen LogP) is 1.53. The van der Waals surface area contributed by atoms with Crippen molar-refractivity contribution in [3.05, 3.63) is 29.5 Å². The van der Waals surface area contributed by atoms with E-state index in [1.807, 2.05) is 12.1 Å². The number of hydrogen-bond donors (Lipinski definition) is 1. The molecule has 0 aliphatic carbocycles. The Bertz CT molecular complexity index is 659. The molecule has 19 heavy (non-hydrogen) atoms. The van der Waals surface area contributed by atoms with Gasteiger partial charge in [-0.2, -0.15) is 9.61 Å². The molecule has 0 aliphatic heterocycles. The van der Waals surface area contributed by atoms with Gasteiger partial charge >= 0.3 is 0 Å². The Hall–Kier alpha value is -1.86. The van der Waals surface area contributed by atoms with Gasteiger partial charge in [0.05, 0.1) is 0 Å². The van der Waals surface area contributed by atoms with Crippen LogP contribution in [0.15, 0.2) is 24.5 Å². The van der Waals surface area contributed by atoms with Crippen molar-refractivity contribution in [1.82, 2.24) is 24.8 Å². The molecule has 0 unspecified atom stereocenters. The molecule has 0 amide bonds. The zero-order valence-electron chi connectivity index (χ0n) is 10.4. The number of pyridine rings is 1. The fourth-order valence-corrected chi connectivity index (χ4v) is 2.73. The number of aryl methyl sites for hydroxylation is 1. The number of rotatable bonds is 5. The summed E-state index contributed by atoms with van der Waals surface area (Å²) in [5.41, 5.74) is 6.42. The predicted molar refractivity (Wildman–Crippen MR) is 73.9 cm³/mol. The second-order valence-electron chi connectivity index (χ2n) is 4.20. The van der Waals surface area contributed by atoms with Crippen molar-refractivity contribution in [2.24, 2.45) is 5.73 Å². The minimum absolute atomic E-state index is 0.727. The van der Waals surface area contributed by atoms with E-state index in [0.717, 1.165) is 47.2 Å². The van der Waals surface area contributed by atoms with E-state index in [4.69, 9.17) is 5.73 Å². The van der Waals surface area contributed by atoms with Crippen molar-refractivity contribution in [2.75, 3.05) is 6.54 Å². The minimum atomic E-state index is 0.727. The van der Waals surface area contributed by atoms with Crippen molar-refractivity contribution < 1.29 is 0 Å². The molecule has 3 aromatic rings. The quantitative estimate of drug-likeness (QED) is 0.713. The smallest absolute Gasteiger partial charge is 0.234 e. The molecule has 0 aliphatic rings. The standard InChI is InChI=1S/C12H14N6S/c13-6-2-1-5-10-17-18-11(15-16-12(18)19-10)9-4-3-7-14-8-9/h3-4,7-8H,1-2,5-6,13H2. The van der Waals surface area contributed by atoms with Gasteiger partial charge in [-0.05, 0) is 31.5 Å². The molecule has 3 heterocycles. The molecule has 98 valence electrons. The SMILES string of the molecule is NCCCCc1nn2c(-c3cccnc3)nnc2s1. The van der Waals surface area contributed by atoms with Gasteiger partial charge in [-0.25, -0.2) is 0 Å². The summed E-state index contributed by atoms with van der Waals surface area (Å²) < 4.78 is 1.79. The Morgan fingerprint density at radius 2 is 2.21 bits per heavy atom. The van der Waals surface area contributed by atoms with Gasteiger partial charge in [0.2, 0.25) is 4.96 Å². The number of nitrogens with zero attached hydrogens (tertiary/aromatic N) is 5. The number of nitrogens with two attached hydrogens (primary N) is 1. The van der Waals surface area contributed by atoms with Crippen LogP contribution in [0.25, 0.3) is 16.3 Å². The topological polar surface area (TPSA) is 82.0 Å². The van der Waals surface area contributed by atoms with E-state index in [9.17, 15) is 0 Å². The molecule has 0 fully saturated rings. The van der Waals surface area contributed by atoms with Crippen molar-refractivity contribution in [1.29, 1.82) is 0 Å². The van der Waals surface area contributed by atoms with E-state index in [1.54, 1.807) is 28.2 Å². The van der Waals surface area contributed by atoms with Crippen LogP contribution in [0.5, 0.6) is 0 Å². The lowest BCUT2D eigenvalue weighted by molar-refractivity contribution is 0.730. The third kappa shape index (κ3) is 2.47.